The molecule has 1 N–H and O–H groups in total. The summed E-state index contributed by atoms with van der Waals surface area (Å²) in [5, 5.41) is 14.4. The first-order chi connectivity index (χ1) is 27.1. The summed E-state index contributed by atoms with van der Waals surface area (Å²) in [5.74, 6) is 2.40. The van der Waals surface area contributed by atoms with Gasteiger partial charge in [-0.3, -0.25) is 24.2 Å². The van der Waals surface area contributed by atoms with Crippen molar-refractivity contribution in [2.45, 2.75) is 141 Å². The molecule has 2 bridgehead atoms. The van der Waals surface area contributed by atoms with Gasteiger partial charge < -0.3 is 29.0 Å². The van der Waals surface area contributed by atoms with Crippen molar-refractivity contribution in [1.82, 2.24) is 15.1 Å². The largest absolute Gasteiger partial charge is 0.493 e. The van der Waals surface area contributed by atoms with Crippen LogP contribution in [-0.4, -0.2) is 73.3 Å². The number of nitrogens with zero attached hydrogens (tertiary/aromatic N) is 3. The molecule has 12 heteroatoms. The number of fused-ring (bicyclic) bond motifs is 9. The van der Waals surface area contributed by atoms with Crippen LogP contribution in [0.15, 0.2) is 6.07 Å². The third-order valence-electron chi connectivity index (χ3n) is 13.6. The van der Waals surface area contributed by atoms with Crippen LogP contribution < -0.4 is 29.0 Å². The van der Waals surface area contributed by atoms with Gasteiger partial charge in [-0.15, -0.1) is 0 Å². The van der Waals surface area contributed by atoms with Crippen LogP contribution in [0.1, 0.15) is 129 Å². The quantitative estimate of drug-likeness (QED) is 0.215. The average Bonchev–Trinajstić information content (AvgIpc) is 3.67. The molecule has 4 aliphatic heterocycles. The minimum atomic E-state index is -0.570. The molecule has 3 fully saturated rings. The maximum absolute atomic E-state index is 13.8. The molecule has 300 valence electrons. The Balaban J connectivity index is 1.25. The number of aryl methyl sites for hydroxylation is 1. The molecule has 6 aliphatic rings. The fourth-order valence-corrected chi connectivity index (χ4v) is 11.1. The normalized spacial score (nSPS) is 26.0. The van der Waals surface area contributed by atoms with E-state index in [9.17, 15) is 19.6 Å². The van der Waals surface area contributed by atoms with Gasteiger partial charge in [-0.1, -0.05) is 44.6 Å². The van der Waals surface area contributed by atoms with Crippen LogP contribution in [0.5, 0.6) is 28.7 Å². The van der Waals surface area contributed by atoms with Crippen molar-refractivity contribution in [2.24, 2.45) is 11.8 Å². The van der Waals surface area contributed by atoms with Gasteiger partial charge in [0.25, 0.3) is 0 Å². The van der Waals surface area contributed by atoms with Crippen molar-refractivity contribution >= 4 is 17.8 Å². The summed E-state index contributed by atoms with van der Waals surface area (Å²) in [6.07, 6.45) is 12.9. The Morgan fingerprint density at radius 2 is 1.55 bits per heavy atom. The highest BCUT2D eigenvalue weighted by Gasteiger charge is 2.57. The first-order valence-corrected chi connectivity index (χ1v) is 20.8. The highest BCUT2D eigenvalue weighted by Crippen LogP contribution is 2.58. The van der Waals surface area contributed by atoms with E-state index in [0.717, 1.165) is 79.2 Å². The molecule has 5 atom stereocenters. The van der Waals surface area contributed by atoms with Crippen LogP contribution in [0.25, 0.3) is 0 Å². The molecule has 4 heterocycles. The first kappa shape index (κ1) is 38.5. The monoisotopic (exact) mass is 768 g/mol. The highest BCUT2D eigenvalue weighted by atomic mass is 16.7. The van der Waals surface area contributed by atoms with E-state index in [-0.39, 0.29) is 43.3 Å². The maximum Gasteiger partial charge on any atom is 0.311 e. The lowest BCUT2D eigenvalue weighted by Gasteiger charge is -2.60. The van der Waals surface area contributed by atoms with E-state index in [1.54, 1.807) is 7.11 Å². The van der Waals surface area contributed by atoms with E-state index in [4.69, 9.17) is 23.7 Å². The van der Waals surface area contributed by atoms with Gasteiger partial charge in [0.2, 0.25) is 12.7 Å². The van der Waals surface area contributed by atoms with Gasteiger partial charge >= 0.3 is 11.9 Å². The fraction of sp³-hybridized carbons (Fsp3) is 0.636. The molecular weight excluding hydrogens is 713 g/mol. The number of methoxy groups -OCH3 is 1. The standard InChI is InChI=1S/C44H56N4O8/c1-24-16-29-19-31-33(21-45)48-32(39(47(31)4)37(29)44(40(24)52-5)56-36(51)18-28-14-10-7-11-15-28)20-30-38(34(48)22-46-35(50)17-27-12-8-6-9-13-27)43-42(53-23-54-43)25(2)41(30)55-26(3)49/h16,27-28,31-34,39H,6-15,17-20,22-23H2,1-5H3,(H,46,50)/t31-,32?,33+,34+,39+/m1/s1. The summed E-state index contributed by atoms with van der Waals surface area (Å²) in [6, 6.07) is 2.82. The van der Waals surface area contributed by atoms with Crippen molar-refractivity contribution in [1.29, 1.82) is 5.26 Å². The van der Waals surface area contributed by atoms with Crippen molar-refractivity contribution in [3.8, 4) is 34.8 Å². The summed E-state index contributed by atoms with van der Waals surface area (Å²) in [5.41, 5.74) is 5.01. The van der Waals surface area contributed by atoms with Crippen LogP contribution in [0, 0.1) is 37.0 Å². The summed E-state index contributed by atoms with van der Waals surface area (Å²) in [7, 11) is 3.66. The number of rotatable bonds is 9. The van der Waals surface area contributed by atoms with E-state index in [2.05, 4.69) is 27.3 Å². The highest BCUT2D eigenvalue weighted by molar-refractivity contribution is 5.78. The zero-order valence-electron chi connectivity index (χ0n) is 33.5. The van der Waals surface area contributed by atoms with Crippen molar-refractivity contribution in [2.75, 3.05) is 27.5 Å². The molecule has 0 spiro atoms. The second-order valence-corrected chi connectivity index (χ2v) is 17.0. The number of esters is 2. The molecule has 1 saturated heterocycles. The van der Waals surface area contributed by atoms with E-state index in [1.165, 1.54) is 19.8 Å². The molecule has 12 nitrogen and oxygen atoms in total. The van der Waals surface area contributed by atoms with E-state index in [0.29, 0.717) is 71.8 Å². The van der Waals surface area contributed by atoms with Gasteiger partial charge in [-0.05, 0) is 82.4 Å². The molecule has 2 aromatic rings. The lowest BCUT2D eigenvalue weighted by Crippen LogP contribution is -2.68. The number of ether oxygens (including phenoxy) is 5. The summed E-state index contributed by atoms with van der Waals surface area (Å²) in [4.78, 5) is 44.8. The molecule has 56 heavy (non-hydrogen) atoms. The summed E-state index contributed by atoms with van der Waals surface area (Å²) in [6.45, 7) is 5.46. The number of hydrogen-bond donors (Lipinski definition) is 1. The minimum absolute atomic E-state index is 0.00803. The van der Waals surface area contributed by atoms with Gasteiger partial charge in [0.15, 0.2) is 23.0 Å². The number of benzene rings is 2. The molecule has 2 saturated carbocycles. The van der Waals surface area contributed by atoms with E-state index in [1.807, 2.05) is 20.9 Å². The number of carbonyl (C=O) groups excluding carboxylic acids is 3. The van der Waals surface area contributed by atoms with Crippen molar-refractivity contribution in [3.63, 3.8) is 0 Å². The van der Waals surface area contributed by atoms with Gasteiger partial charge in [0.1, 0.15) is 11.8 Å². The Hall–Kier alpha value is -4.34. The van der Waals surface area contributed by atoms with Crippen LogP contribution >= 0.6 is 0 Å². The zero-order chi connectivity index (χ0) is 39.2. The lowest BCUT2D eigenvalue weighted by molar-refractivity contribution is -0.136. The third-order valence-corrected chi connectivity index (χ3v) is 13.6. The molecular formula is C44H56N4O8. The minimum Gasteiger partial charge on any atom is -0.493 e. The number of nitrogens with one attached hydrogen (secondary N) is 1. The van der Waals surface area contributed by atoms with Crippen molar-refractivity contribution in [3.05, 3.63) is 39.4 Å². The molecule has 2 aliphatic carbocycles. The average molecular weight is 769 g/mol. The second kappa shape index (κ2) is 15.9. The maximum atomic E-state index is 13.8. The van der Waals surface area contributed by atoms with Crippen LogP contribution in [0.3, 0.4) is 0 Å². The predicted octanol–water partition coefficient (Wildman–Crippen LogP) is 6.70. The number of amides is 1. The van der Waals surface area contributed by atoms with E-state index >= 15 is 0 Å². The van der Waals surface area contributed by atoms with Crippen molar-refractivity contribution < 1.29 is 38.1 Å². The Morgan fingerprint density at radius 3 is 2.21 bits per heavy atom. The van der Waals surface area contributed by atoms with Gasteiger partial charge in [-0.25, -0.2) is 0 Å². The molecule has 0 aromatic heterocycles. The van der Waals surface area contributed by atoms with Gasteiger partial charge in [-0.2, -0.15) is 5.26 Å². The van der Waals surface area contributed by atoms with Gasteiger partial charge in [0.05, 0.1) is 25.3 Å². The predicted molar refractivity (Wildman–Crippen MR) is 207 cm³/mol. The lowest BCUT2D eigenvalue weighted by atomic mass is 9.71. The summed E-state index contributed by atoms with van der Waals surface area (Å²) < 4.78 is 30.7. The number of nitriles is 1. The molecule has 1 amide bonds. The first-order valence-electron chi connectivity index (χ1n) is 20.8. The Labute approximate surface area is 330 Å². The molecule has 0 radical (unpaired) electrons. The molecule has 2 aromatic carbocycles. The topological polar surface area (TPSA) is 140 Å². The molecule has 1 unspecified atom stereocenters. The molecule has 8 rings (SSSR count). The smallest absolute Gasteiger partial charge is 0.311 e. The second-order valence-electron chi connectivity index (χ2n) is 17.0. The van der Waals surface area contributed by atoms with Crippen LogP contribution in [-0.2, 0) is 27.2 Å². The Morgan fingerprint density at radius 1 is 0.875 bits per heavy atom. The number of hydrogen-bond acceptors (Lipinski definition) is 11. The fourth-order valence-electron chi connectivity index (χ4n) is 11.1. The van der Waals surface area contributed by atoms with E-state index < -0.39 is 18.1 Å². The third kappa shape index (κ3) is 6.89. The van der Waals surface area contributed by atoms with Crippen LogP contribution in [0.2, 0.25) is 0 Å². The Bertz CT molecular complexity index is 1930. The van der Waals surface area contributed by atoms with Crippen LogP contribution in [0.4, 0.5) is 0 Å². The number of carbonyl (C=O) groups is 3. The van der Waals surface area contributed by atoms with Gasteiger partial charge in [0, 0.05) is 60.6 Å². The number of piperazine rings is 1. The Kier molecular flexibility index (Phi) is 10.9. The zero-order valence-corrected chi connectivity index (χ0v) is 33.5. The number of likely N-dealkylation sites (N-methyl/N-ethyl adjacent to an activating group) is 1. The summed E-state index contributed by atoms with van der Waals surface area (Å²) >= 11 is 0. The SMILES string of the molecule is COc1c(C)cc2c(c1OC(=O)CC1CCCCC1)[C@@H]1C3Cc4c(OC(C)=O)c(C)c5c(c4[C@H](CNC(=O)CC4CCCCC4)N3[C@@H](C#N)[C@@H](C2)N1C)OCO5.